The Kier molecular flexibility index (Phi) is 4.81. The van der Waals surface area contributed by atoms with Crippen LogP contribution in [0.15, 0.2) is 36.4 Å². The lowest BCUT2D eigenvalue weighted by atomic mass is 10.1. The number of nitrogens with two attached hydrogens (primary N) is 1. The Bertz CT molecular complexity index is 626. The summed E-state index contributed by atoms with van der Waals surface area (Å²) in [5.74, 6) is 0.535. The van der Waals surface area contributed by atoms with E-state index in [0.29, 0.717) is 0 Å². The molecule has 0 fully saturated rings. The predicted molar refractivity (Wildman–Crippen MR) is 81.1 cm³/mol. The molecule has 2 aromatic rings. The van der Waals surface area contributed by atoms with Gasteiger partial charge < -0.3 is 15.2 Å². The van der Waals surface area contributed by atoms with Gasteiger partial charge in [-0.3, -0.25) is 0 Å². The lowest BCUT2D eigenvalue weighted by Gasteiger charge is -2.13. The first-order valence-electron chi connectivity index (χ1n) is 6.82. The Morgan fingerprint density at radius 1 is 1.14 bits per heavy atom. The molecule has 112 valence electrons. The van der Waals surface area contributed by atoms with Crippen LogP contribution in [0.3, 0.4) is 0 Å². The maximum atomic E-state index is 14.0. The Morgan fingerprint density at radius 3 is 2.48 bits per heavy atom. The van der Waals surface area contributed by atoms with E-state index in [1.165, 1.54) is 6.07 Å². The zero-order valence-corrected chi connectivity index (χ0v) is 12.5. The van der Waals surface area contributed by atoms with Gasteiger partial charge in [-0.05, 0) is 43.7 Å². The van der Waals surface area contributed by atoms with Gasteiger partial charge in [-0.15, -0.1) is 0 Å². The van der Waals surface area contributed by atoms with Crippen LogP contribution in [-0.4, -0.2) is 7.11 Å². The molecule has 0 unspecified atom stereocenters. The second-order valence-electron chi connectivity index (χ2n) is 5.08. The summed E-state index contributed by atoms with van der Waals surface area (Å²) in [4.78, 5) is 0. The Labute approximate surface area is 124 Å². The van der Waals surface area contributed by atoms with Crippen molar-refractivity contribution in [2.24, 2.45) is 5.73 Å². The molecule has 0 aromatic heterocycles. The fourth-order valence-corrected chi connectivity index (χ4v) is 2.09. The van der Waals surface area contributed by atoms with Crippen LogP contribution in [0.1, 0.15) is 29.7 Å². The van der Waals surface area contributed by atoms with Crippen LogP contribution >= 0.6 is 0 Å². The van der Waals surface area contributed by atoms with Crippen LogP contribution in [0.4, 0.5) is 4.39 Å². The van der Waals surface area contributed by atoms with E-state index in [9.17, 15) is 4.39 Å². The number of ether oxygens (including phenoxy) is 2. The van der Waals surface area contributed by atoms with Crippen molar-refractivity contribution < 1.29 is 13.9 Å². The van der Waals surface area contributed by atoms with Gasteiger partial charge in [0.15, 0.2) is 11.6 Å². The summed E-state index contributed by atoms with van der Waals surface area (Å²) in [5.41, 5.74) is 8.45. The third kappa shape index (κ3) is 3.73. The molecule has 4 heteroatoms. The maximum absolute atomic E-state index is 14.0. The van der Waals surface area contributed by atoms with Gasteiger partial charge in [0.25, 0.3) is 0 Å². The molecule has 0 aliphatic heterocycles. The maximum Gasteiger partial charge on any atom is 0.165 e. The van der Waals surface area contributed by atoms with E-state index in [1.807, 2.05) is 32.0 Å². The van der Waals surface area contributed by atoms with Gasteiger partial charge in [-0.25, -0.2) is 4.39 Å². The summed E-state index contributed by atoms with van der Waals surface area (Å²) < 4.78 is 24.8. The fraction of sp³-hybridized carbons (Fsp3) is 0.294. The zero-order valence-electron chi connectivity index (χ0n) is 12.5. The van der Waals surface area contributed by atoms with Gasteiger partial charge in [-0.1, -0.05) is 17.7 Å². The number of methoxy groups -OCH3 is 1. The smallest absolute Gasteiger partial charge is 0.165 e. The van der Waals surface area contributed by atoms with Crippen LogP contribution in [0, 0.1) is 12.7 Å². The quantitative estimate of drug-likeness (QED) is 0.912. The highest BCUT2D eigenvalue weighted by atomic mass is 19.1. The first kappa shape index (κ1) is 15.3. The molecule has 1 atom stereocenters. The lowest BCUT2D eigenvalue weighted by Crippen LogP contribution is -2.06. The average molecular weight is 289 g/mol. The molecular weight excluding hydrogens is 269 g/mol. The second kappa shape index (κ2) is 6.59. The number of benzene rings is 2. The number of rotatable bonds is 5. The molecule has 2 aromatic carbocycles. The summed E-state index contributed by atoms with van der Waals surface area (Å²) in [6, 6.07) is 10.4. The van der Waals surface area contributed by atoms with E-state index in [1.54, 1.807) is 19.2 Å². The van der Waals surface area contributed by atoms with E-state index >= 15 is 0 Å². The number of aryl methyl sites for hydroxylation is 1. The summed E-state index contributed by atoms with van der Waals surface area (Å²) in [6.07, 6.45) is 0. The molecule has 2 N–H and O–H groups in total. The van der Waals surface area contributed by atoms with Gasteiger partial charge >= 0.3 is 0 Å². The normalized spacial score (nSPS) is 12.0. The van der Waals surface area contributed by atoms with Gasteiger partial charge in [0.2, 0.25) is 0 Å². The summed E-state index contributed by atoms with van der Waals surface area (Å²) >= 11 is 0. The molecule has 0 heterocycles. The van der Waals surface area contributed by atoms with Crippen molar-refractivity contribution in [3.8, 4) is 11.5 Å². The van der Waals surface area contributed by atoms with E-state index in [0.717, 1.165) is 22.4 Å². The molecule has 0 aliphatic rings. The summed E-state index contributed by atoms with van der Waals surface area (Å²) in [5, 5.41) is 0. The molecule has 2 rings (SSSR count). The first-order valence-corrected chi connectivity index (χ1v) is 6.82. The van der Waals surface area contributed by atoms with Crippen LogP contribution < -0.4 is 15.2 Å². The first-order chi connectivity index (χ1) is 10.0. The van der Waals surface area contributed by atoms with Crippen molar-refractivity contribution in [2.45, 2.75) is 26.5 Å². The Balaban J connectivity index is 2.15. The Morgan fingerprint density at radius 2 is 1.86 bits per heavy atom. The second-order valence-corrected chi connectivity index (χ2v) is 5.08. The van der Waals surface area contributed by atoms with Crippen molar-refractivity contribution in [1.29, 1.82) is 0 Å². The van der Waals surface area contributed by atoms with Gasteiger partial charge in [-0.2, -0.15) is 0 Å². The molecule has 3 nitrogen and oxygen atoms in total. The van der Waals surface area contributed by atoms with E-state index in [2.05, 4.69) is 0 Å². The monoisotopic (exact) mass is 289 g/mol. The van der Waals surface area contributed by atoms with Crippen LogP contribution in [0.5, 0.6) is 11.5 Å². The van der Waals surface area contributed by atoms with Crippen molar-refractivity contribution in [2.75, 3.05) is 7.11 Å². The fourth-order valence-electron chi connectivity index (χ4n) is 2.09. The topological polar surface area (TPSA) is 44.5 Å². The highest BCUT2D eigenvalue weighted by Crippen LogP contribution is 2.25. The minimum Gasteiger partial charge on any atom is -0.496 e. The molecule has 0 saturated heterocycles. The Hall–Kier alpha value is -2.07. The predicted octanol–water partition coefficient (Wildman–Crippen LogP) is 3.74. The summed E-state index contributed by atoms with van der Waals surface area (Å²) in [6.45, 7) is 4.05. The van der Waals surface area contributed by atoms with Crippen molar-refractivity contribution >= 4 is 0 Å². The van der Waals surface area contributed by atoms with Gasteiger partial charge in [0, 0.05) is 11.6 Å². The highest BCUT2D eigenvalue weighted by Gasteiger charge is 2.09. The van der Waals surface area contributed by atoms with Gasteiger partial charge in [0.05, 0.1) is 7.11 Å². The lowest BCUT2D eigenvalue weighted by molar-refractivity contribution is 0.282. The summed E-state index contributed by atoms with van der Waals surface area (Å²) in [7, 11) is 1.60. The molecule has 0 saturated carbocycles. The molecule has 0 bridgehead atoms. The van der Waals surface area contributed by atoms with Crippen LogP contribution in [0.25, 0.3) is 0 Å². The third-order valence-electron chi connectivity index (χ3n) is 3.30. The van der Waals surface area contributed by atoms with E-state index < -0.39 is 5.82 Å². The van der Waals surface area contributed by atoms with E-state index in [-0.39, 0.29) is 18.4 Å². The van der Waals surface area contributed by atoms with Crippen molar-refractivity contribution in [3.05, 3.63) is 58.9 Å². The number of hydrogen-bond donors (Lipinski definition) is 1. The SMILES string of the molecule is COc1ccc(C)cc1COc1ccc([C@H](C)N)cc1F. The van der Waals surface area contributed by atoms with Crippen LogP contribution in [-0.2, 0) is 6.61 Å². The number of hydrogen-bond acceptors (Lipinski definition) is 3. The highest BCUT2D eigenvalue weighted by molar-refractivity contribution is 5.37. The molecule has 0 spiro atoms. The minimum absolute atomic E-state index is 0.203. The molecule has 0 aliphatic carbocycles. The van der Waals surface area contributed by atoms with Gasteiger partial charge in [0.1, 0.15) is 12.4 Å². The van der Waals surface area contributed by atoms with Crippen molar-refractivity contribution in [3.63, 3.8) is 0 Å². The zero-order chi connectivity index (χ0) is 15.4. The van der Waals surface area contributed by atoms with E-state index in [4.69, 9.17) is 15.2 Å². The standard InChI is InChI=1S/C17H20FNO2/c1-11-4-6-16(20-3)14(8-11)10-21-17-7-5-13(12(2)19)9-15(17)18/h4-9,12H,10,19H2,1-3H3/t12-/m0/s1. The van der Waals surface area contributed by atoms with Crippen molar-refractivity contribution in [1.82, 2.24) is 0 Å². The minimum atomic E-state index is -0.406. The third-order valence-corrected chi connectivity index (χ3v) is 3.30. The van der Waals surface area contributed by atoms with Crippen LogP contribution in [0.2, 0.25) is 0 Å². The average Bonchev–Trinajstić information content (AvgIpc) is 2.46. The molecule has 0 radical (unpaired) electrons. The largest absolute Gasteiger partial charge is 0.496 e. The molecule has 0 amide bonds. The molecule has 21 heavy (non-hydrogen) atoms. The molecular formula is C17H20FNO2. The number of halogens is 1.